The minimum atomic E-state index is -0.585. The van der Waals surface area contributed by atoms with E-state index in [0.717, 1.165) is 11.3 Å². The van der Waals surface area contributed by atoms with E-state index in [1.807, 2.05) is 30.3 Å². The molecule has 0 saturated heterocycles. The van der Waals surface area contributed by atoms with Crippen molar-refractivity contribution in [3.8, 4) is 11.8 Å². The first-order chi connectivity index (χ1) is 13.6. The number of oxazole rings is 1. The van der Waals surface area contributed by atoms with Crippen molar-refractivity contribution in [3.63, 3.8) is 0 Å². The Morgan fingerprint density at radius 2 is 1.96 bits per heavy atom. The fourth-order valence-electron chi connectivity index (χ4n) is 2.65. The van der Waals surface area contributed by atoms with Gasteiger partial charge in [-0.15, -0.1) is 0 Å². The van der Waals surface area contributed by atoms with Crippen LogP contribution >= 0.6 is 11.6 Å². The first-order valence-electron chi connectivity index (χ1n) is 8.38. The van der Waals surface area contributed by atoms with Crippen LogP contribution in [0.25, 0.3) is 0 Å². The maximum absolute atomic E-state index is 12.5. The lowest BCUT2D eigenvalue weighted by Gasteiger charge is -2.17. The Hall–Kier alpha value is -3.50. The molecule has 0 spiro atoms. The Bertz CT molecular complexity index is 978. The second-order valence-electron chi connectivity index (χ2n) is 5.89. The SMILES string of the molecule is COc1ccc(CC(NC(=O)Nc2ccc(Cl)cc2)c2ocnc2C#N)cc1. The normalized spacial score (nSPS) is 11.3. The van der Waals surface area contributed by atoms with Gasteiger partial charge in [-0.1, -0.05) is 23.7 Å². The summed E-state index contributed by atoms with van der Waals surface area (Å²) in [6, 6.07) is 15.1. The molecule has 142 valence electrons. The van der Waals surface area contributed by atoms with Crippen molar-refractivity contribution in [2.75, 3.05) is 12.4 Å². The summed E-state index contributed by atoms with van der Waals surface area (Å²) in [5, 5.41) is 15.4. The van der Waals surface area contributed by atoms with Crippen LogP contribution in [0.2, 0.25) is 5.02 Å². The van der Waals surface area contributed by atoms with Crippen molar-refractivity contribution in [2.24, 2.45) is 0 Å². The summed E-state index contributed by atoms with van der Waals surface area (Å²) in [5.41, 5.74) is 1.64. The highest BCUT2D eigenvalue weighted by atomic mass is 35.5. The van der Waals surface area contributed by atoms with Crippen LogP contribution in [0, 0.1) is 11.3 Å². The van der Waals surface area contributed by atoms with Gasteiger partial charge in [-0.05, 0) is 42.0 Å². The molecule has 1 heterocycles. The number of methoxy groups -OCH3 is 1. The summed E-state index contributed by atoms with van der Waals surface area (Å²) in [6.07, 6.45) is 1.59. The third kappa shape index (κ3) is 4.81. The van der Waals surface area contributed by atoms with Crippen LogP contribution < -0.4 is 15.4 Å². The van der Waals surface area contributed by atoms with E-state index in [1.54, 1.807) is 31.4 Å². The van der Waals surface area contributed by atoms with Gasteiger partial charge in [-0.3, -0.25) is 0 Å². The summed E-state index contributed by atoms with van der Waals surface area (Å²) in [4.78, 5) is 16.4. The highest BCUT2D eigenvalue weighted by molar-refractivity contribution is 6.30. The second-order valence-corrected chi connectivity index (χ2v) is 6.32. The number of benzene rings is 2. The molecular weight excluding hydrogens is 380 g/mol. The zero-order chi connectivity index (χ0) is 19.9. The van der Waals surface area contributed by atoms with Gasteiger partial charge in [0.15, 0.2) is 17.8 Å². The van der Waals surface area contributed by atoms with E-state index in [-0.39, 0.29) is 5.69 Å². The maximum atomic E-state index is 12.5. The third-order valence-electron chi connectivity index (χ3n) is 4.02. The van der Waals surface area contributed by atoms with Crippen LogP contribution in [-0.2, 0) is 6.42 Å². The zero-order valence-corrected chi connectivity index (χ0v) is 15.7. The molecule has 0 fully saturated rings. The van der Waals surface area contributed by atoms with Crippen LogP contribution in [0.3, 0.4) is 0 Å². The maximum Gasteiger partial charge on any atom is 0.319 e. The number of rotatable bonds is 6. The molecule has 3 rings (SSSR count). The molecule has 1 unspecified atom stereocenters. The number of halogens is 1. The highest BCUT2D eigenvalue weighted by Crippen LogP contribution is 2.23. The number of urea groups is 1. The Kier molecular flexibility index (Phi) is 6.14. The molecule has 2 amide bonds. The molecule has 28 heavy (non-hydrogen) atoms. The van der Waals surface area contributed by atoms with Crippen molar-refractivity contribution < 1.29 is 13.9 Å². The lowest BCUT2D eigenvalue weighted by Crippen LogP contribution is -2.34. The number of hydrogen-bond acceptors (Lipinski definition) is 5. The zero-order valence-electron chi connectivity index (χ0n) is 15.0. The Morgan fingerprint density at radius 3 is 2.61 bits per heavy atom. The molecule has 1 aromatic heterocycles. The van der Waals surface area contributed by atoms with Crippen molar-refractivity contribution >= 4 is 23.3 Å². The van der Waals surface area contributed by atoms with Crippen molar-refractivity contribution in [1.29, 1.82) is 5.26 Å². The van der Waals surface area contributed by atoms with Crippen LogP contribution in [0.4, 0.5) is 10.5 Å². The number of amides is 2. The van der Waals surface area contributed by atoms with Crippen LogP contribution in [0.15, 0.2) is 59.3 Å². The Morgan fingerprint density at radius 1 is 1.25 bits per heavy atom. The Balaban J connectivity index is 1.78. The number of carbonyl (C=O) groups is 1. The van der Waals surface area contributed by atoms with Crippen LogP contribution in [0.1, 0.15) is 23.1 Å². The molecule has 0 aliphatic carbocycles. The van der Waals surface area contributed by atoms with Gasteiger partial charge < -0.3 is 19.8 Å². The number of nitrogens with one attached hydrogen (secondary N) is 2. The monoisotopic (exact) mass is 396 g/mol. The smallest absolute Gasteiger partial charge is 0.319 e. The van der Waals surface area contributed by atoms with Crippen LogP contribution in [-0.4, -0.2) is 18.1 Å². The Labute approximate surface area is 166 Å². The van der Waals surface area contributed by atoms with Gasteiger partial charge in [0.05, 0.1) is 13.2 Å². The predicted octanol–water partition coefficient (Wildman–Crippen LogP) is 4.31. The molecular formula is C20H17ClN4O3. The van der Waals surface area contributed by atoms with Gasteiger partial charge >= 0.3 is 6.03 Å². The molecule has 3 aromatic rings. The van der Waals surface area contributed by atoms with Gasteiger partial charge in [-0.25, -0.2) is 9.78 Å². The molecule has 8 heteroatoms. The van der Waals surface area contributed by atoms with Gasteiger partial charge in [-0.2, -0.15) is 5.26 Å². The first-order valence-corrected chi connectivity index (χ1v) is 8.76. The molecule has 0 saturated carbocycles. The lowest BCUT2D eigenvalue weighted by molar-refractivity contribution is 0.246. The van der Waals surface area contributed by atoms with E-state index in [2.05, 4.69) is 15.6 Å². The molecule has 2 N–H and O–H groups in total. The molecule has 0 bridgehead atoms. The van der Waals surface area contributed by atoms with Gasteiger partial charge in [0, 0.05) is 17.1 Å². The van der Waals surface area contributed by atoms with E-state index in [9.17, 15) is 10.1 Å². The molecule has 2 aromatic carbocycles. The van der Waals surface area contributed by atoms with E-state index in [1.165, 1.54) is 6.39 Å². The lowest BCUT2D eigenvalue weighted by atomic mass is 10.0. The highest BCUT2D eigenvalue weighted by Gasteiger charge is 2.23. The summed E-state index contributed by atoms with van der Waals surface area (Å²) < 4.78 is 10.5. The number of anilines is 1. The van der Waals surface area contributed by atoms with E-state index in [4.69, 9.17) is 20.8 Å². The summed E-state index contributed by atoms with van der Waals surface area (Å²) >= 11 is 5.86. The average molecular weight is 397 g/mol. The third-order valence-corrected chi connectivity index (χ3v) is 4.28. The second kappa shape index (κ2) is 8.93. The standard InChI is InChI=1S/C20H17ClN4O3/c1-27-16-8-2-13(3-9-16)10-17(19-18(11-22)23-12-28-19)25-20(26)24-15-6-4-14(21)5-7-15/h2-9,12,17H,10H2,1H3,(H2,24,25,26). The molecule has 0 aliphatic rings. The van der Waals surface area contributed by atoms with E-state index < -0.39 is 12.1 Å². The summed E-state index contributed by atoms with van der Waals surface area (Å²) in [6.45, 7) is 0. The van der Waals surface area contributed by atoms with E-state index >= 15 is 0 Å². The minimum absolute atomic E-state index is 0.130. The predicted molar refractivity (Wildman–Crippen MR) is 104 cm³/mol. The minimum Gasteiger partial charge on any atom is -0.497 e. The number of hydrogen-bond donors (Lipinski definition) is 2. The average Bonchev–Trinajstić information content (AvgIpc) is 3.18. The quantitative estimate of drug-likeness (QED) is 0.646. The van der Waals surface area contributed by atoms with Gasteiger partial charge in [0.2, 0.25) is 0 Å². The summed E-state index contributed by atoms with van der Waals surface area (Å²) in [5.74, 6) is 1.02. The fraction of sp³-hybridized carbons (Fsp3) is 0.150. The number of ether oxygens (including phenoxy) is 1. The number of nitrogens with zero attached hydrogens (tertiary/aromatic N) is 2. The number of carbonyl (C=O) groups excluding carboxylic acids is 1. The summed E-state index contributed by atoms with van der Waals surface area (Å²) in [7, 11) is 1.59. The van der Waals surface area contributed by atoms with Crippen molar-refractivity contribution in [2.45, 2.75) is 12.5 Å². The first kappa shape index (κ1) is 19.3. The molecule has 0 aliphatic heterocycles. The van der Waals surface area contributed by atoms with E-state index in [0.29, 0.717) is 22.9 Å². The molecule has 7 nitrogen and oxygen atoms in total. The van der Waals surface area contributed by atoms with Gasteiger partial charge in [0.25, 0.3) is 0 Å². The number of aromatic nitrogens is 1. The largest absolute Gasteiger partial charge is 0.497 e. The van der Waals surface area contributed by atoms with Gasteiger partial charge in [0.1, 0.15) is 11.8 Å². The topological polar surface area (TPSA) is 100 Å². The van der Waals surface area contributed by atoms with Crippen LogP contribution in [0.5, 0.6) is 5.75 Å². The number of nitriles is 1. The van der Waals surface area contributed by atoms with Crippen molar-refractivity contribution in [1.82, 2.24) is 10.3 Å². The van der Waals surface area contributed by atoms with Crippen molar-refractivity contribution in [3.05, 3.63) is 77.0 Å². The molecule has 1 atom stereocenters. The molecule has 0 radical (unpaired) electrons. The fourth-order valence-corrected chi connectivity index (χ4v) is 2.78.